The number of oxazole rings is 1. The highest BCUT2D eigenvalue weighted by molar-refractivity contribution is 8.24. The third-order valence-electron chi connectivity index (χ3n) is 8.90. The maximum absolute atomic E-state index is 13.3. The number of nitrogens with zero attached hydrogens (tertiary/aromatic N) is 4. The van der Waals surface area contributed by atoms with Crippen LogP contribution in [0.2, 0.25) is 0 Å². The lowest BCUT2D eigenvalue weighted by Gasteiger charge is -2.44. The molecule has 0 radical (unpaired) electrons. The quantitative estimate of drug-likeness (QED) is 0.371. The molecule has 6 rings (SSSR count). The lowest BCUT2D eigenvalue weighted by molar-refractivity contribution is -0.135. The molecule has 0 bridgehead atoms. The molecule has 2 unspecified atom stereocenters. The van der Waals surface area contributed by atoms with E-state index in [4.69, 9.17) is 15.1 Å². The van der Waals surface area contributed by atoms with Gasteiger partial charge in [-0.2, -0.15) is 15.9 Å². The minimum absolute atomic E-state index is 0.363. The van der Waals surface area contributed by atoms with E-state index in [0.717, 1.165) is 24.1 Å². The van der Waals surface area contributed by atoms with E-state index < -0.39 is 27.3 Å². The number of hydrogen-bond donors (Lipinski definition) is 3. The predicted octanol–water partition coefficient (Wildman–Crippen LogP) is 5.41. The largest absolute Gasteiger partial charge is 0.439 e. The van der Waals surface area contributed by atoms with Gasteiger partial charge in [0.25, 0.3) is 0 Å². The molecule has 204 valence electrons. The van der Waals surface area contributed by atoms with Gasteiger partial charge in [0.1, 0.15) is 17.1 Å². The number of pyridine rings is 1. The summed E-state index contributed by atoms with van der Waals surface area (Å²) in [6, 6.07) is 16.0. The second-order valence-electron chi connectivity index (χ2n) is 11.0. The van der Waals surface area contributed by atoms with Gasteiger partial charge < -0.3 is 15.1 Å². The molecule has 3 aromatic rings. The Bertz CT molecular complexity index is 1400. The average Bonchev–Trinajstić information content (AvgIpc) is 3.64. The SMILES string of the molecule is N#CC1(C2(C(N)=O)CCCCC2c2oc(-c3ccccn3)nc2-c2ccc(N3CCS(O)(O)CC3)cc2)CC1. The molecular weight excluding hydrogens is 514 g/mol. The molecule has 0 spiro atoms. The van der Waals surface area contributed by atoms with E-state index in [2.05, 4.69) is 16.0 Å². The summed E-state index contributed by atoms with van der Waals surface area (Å²) in [5.74, 6) is 0.907. The highest BCUT2D eigenvalue weighted by atomic mass is 32.3. The van der Waals surface area contributed by atoms with Gasteiger partial charge in [0.05, 0.1) is 28.4 Å². The number of primary amides is 1. The number of carbonyl (C=O) groups excluding carboxylic acids is 1. The van der Waals surface area contributed by atoms with Crippen LogP contribution in [-0.4, -0.2) is 49.6 Å². The maximum atomic E-state index is 13.3. The maximum Gasteiger partial charge on any atom is 0.245 e. The number of carbonyl (C=O) groups is 1. The molecule has 3 aliphatic rings. The van der Waals surface area contributed by atoms with Crippen molar-refractivity contribution in [3.63, 3.8) is 0 Å². The Kier molecular flexibility index (Phi) is 6.41. The van der Waals surface area contributed by atoms with Gasteiger partial charge in [0.15, 0.2) is 0 Å². The molecule has 1 amide bonds. The van der Waals surface area contributed by atoms with Crippen molar-refractivity contribution in [2.24, 2.45) is 16.6 Å². The Morgan fingerprint density at radius 2 is 1.85 bits per heavy atom. The predicted molar refractivity (Wildman–Crippen MR) is 150 cm³/mol. The standard InChI is InChI=1S/C29H33N5O4S/c30-19-28(12-13-28)29(27(31)35)11-3-1-5-22(29)25-24(33-26(38-25)23-6-2-4-14-32-23)20-7-9-21(10-8-20)34-15-17-39(36,37)18-16-34/h2,4,6-10,14,22,36-37H,1,3,5,11-13,15-18H2,(H2,31,35). The Morgan fingerprint density at radius 1 is 1.10 bits per heavy atom. The second kappa shape index (κ2) is 9.66. The normalized spacial score (nSPS) is 26.4. The zero-order chi connectivity index (χ0) is 27.3. The van der Waals surface area contributed by atoms with Gasteiger partial charge in [-0.3, -0.25) is 18.9 Å². The van der Waals surface area contributed by atoms with Crippen LogP contribution in [0, 0.1) is 22.2 Å². The summed E-state index contributed by atoms with van der Waals surface area (Å²) in [6.07, 6.45) is 6.01. The Balaban J connectivity index is 1.43. The fourth-order valence-corrected chi connectivity index (χ4v) is 7.83. The number of anilines is 1. The van der Waals surface area contributed by atoms with Gasteiger partial charge in [0, 0.05) is 36.5 Å². The summed E-state index contributed by atoms with van der Waals surface area (Å²) >= 11 is 0. The molecule has 2 atom stereocenters. The average molecular weight is 548 g/mol. The Morgan fingerprint density at radius 3 is 2.46 bits per heavy atom. The Labute approximate surface area is 229 Å². The van der Waals surface area contributed by atoms with Crippen LogP contribution >= 0.6 is 10.6 Å². The van der Waals surface area contributed by atoms with Crippen molar-refractivity contribution in [3.05, 3.63) is 54.4 Å². The number of hydrogen-bond acceptors (Lipinski definition) is 8. The summed E-state index contributed by atoms with van der Waals surface area (Å²) in [6.45, 7) is 1.17. The fourth-order valence-electron chi connectivity index (χ4n) is 6.60. The van der Waals surface area contributed by atoms with Crippen molar-refractivity contribution >= 4 is 22.2 Å². The molecule has 2 aromatic heterocycles. The van der Waals surface area contributed by atoms with E-state index in [1.165, 1.54) is 0 Å². The summed E-state index contributed by atoms with van der Waals surface area (Å²) < 4.78 is 26.4. The van der Waals surface area contributed by atoms with Crippen molar-refractivity contribution in [2.75, 3.05) is 29.5 Å². The summed E-state index contributed by atoms with van der Waals surface area (Å²) in [5.41, 5.74) is 7.45. The first-order chi connectivity index (χ1) is 18.8. The first-order valence-corrected chi connectivity index (χ1v) is 15.4. The number of aromatic nitrogens is 2. The summed E-state index contributed by atoms with van der Waals surface area (Å²) in [7, 11) is -2.47. The van der Waals surface area contributed by atoms with Crippen molar-refractivity contribution < 1.29 is 18.3 Å². The monoisotopic (exact) mass is 547 g/mol. The van der Waals surface area contributed by atoms with Crippen LogP contribution in [0.5, 0.6) is 0 Å². The molecule has 9 nitrogen and oxygen atoms in total. The molecular formula is C29H33N5O4S. The lowest BCUT2D eigenvalue weighted by Crippen LogP contribution is -2.50. The molecule has 2 saturated carbocycles. The zero-order valence-corrected chi connectivity index (χ0v) is 22.6. The summed E-state index contributed by atoms with van der Waals surface area (Å²) in [5, 5.41) is 10.2. The topological polar surface area (TPSA) is 149 Å². The van der Waals surface area contributed by atoms with E-state index in [1.807, 2.05) is 42.5 Å². The van der Waals surface area contributed by atoms with Crippen LogP contribution in [0.1, 0.15) is 50.2 Å². The molecule has 1 aromatic carbocycles. The van der Waals surface area contributed by atoms with E-state index in [0.29, 0.717) is 73.3 Å². The zero-order valence-electron chi connectivity index (χ0n) is 21.8. The minimum atomic E-state index is -2.47. The molecule has 4 N–H and O–H groups in total. The number of rotatable bonds is 6. The van der Waals surface area contributed by atoms with Crippen molar-refractivity contribution in [3.8, 4) is 28.9 Å². The smallest absolute Gasteiger partial charge is 0.245 e. The van der Waals surface area contributed by atoms with E-state index in [-0.39, 0.29) is 5.92 Å². The fraction of sp³-hybridized carbons (Fsp3) is 0.448. The highest BCUT2D eigenvalue weighted by Gasteiger charge is 2.67. The lowest BCUT2D eigenvalue weighted by atomic mass is 9.56. The minimum Gasteiger partial charge on any atom is -0.439 e. The van der Waals surface area contributed by atoms with Crippen molar-refractivity contribution in [1.29, 1.82) is 5.26 Å². The molecule has 1 saturated heterocycles. The van der Waals surface area contributed by atoms with Crippen LogP contribution in [0.3, 0.4) is 0 Å². The third-order valence-corrected chi connectivity index (χ3v) is 10.6. The first kappa shape index (κ1) is 25.9. The van der Waals surface area contributed by atoms with Crippen LogP contribution < -0.4 is 10.6 Å². The van der Waals surface area contributed by atoms with Gasteiger partial charge >= 0.3 is 0 Å². The third kappa shape index (κ3) is 4.39. The van der Waals surface area contributed by atoms with Crippen molar-refractivity contribution in [2.45, 2.75) is 44.4 Å². The second-order valence-corrected chi connectivity index (χ2v) is 13.4. The molecule has 1 aliphatic heterocycles. The molecule has 3 fully saturated rings. The molecule has 10 heteroatoms. The first-order valence-electron chi connectivity index (χ1n) is 13.5. The van der Waals surface area contributed by atoms with Gasteiger partial charge in [0.2, 0.25) is 11.8 Å². The van der Waals surface area contributed by atoms with Crippen LogP contribution in [-0.2, 0) is 4.79 Å². The van der Waals surface area contributed by atoms with Crippen molar-refractivity contribution in [1.82, 2.24) is 9.97 Å². The van der Waals surface area contributed by atoms with Crippen LogP contribution in [0.25, 0.3) is 22.8 Å². The molecule has 3 heterocycles. The van der Waals surface area contributed by atoms with Gasteiger partial charge in [-0.25, -0.2) is 4.98 Å². The van der Waals surface area contributed by atoms with E-state index in [9.17, 15) is 19.2 Å². The van der Waals surface area contributed by atoms with E-state index >= 15 is 0 Å². The van der Waals surface area contributed by atoms with Crippen LogP contribution in [0.4, 0.5) is 5.69 Å². The van der Waals surface area contributed by atoms with Crippen LogP contribution in [0.15, 0.2) is 53.1 Å². The number of nitrogens with two attached hydrogens (primary N) is 1. The molecule has 39 heavy (non-hydrogen) atoms. The van der Waals surface area contributed by atoms with Gasteiger partial charge in [-0.05, 0) is 49.9 Å². The summed E-state index contributed by atoms with van der Waals surface area (Å²) in [4.78, 5) is 24.7. The number of benzene rings is 1. The Hall–Kier alpha value is -3.39. The number of nitriles is 1. The van der Waals surface area contributed by atoms with Gasteiger partial charge in [-0.1, -0.05) is 31.0 Å². The molecule has 2 aliphatic carbocycles. The highest BCUT2D eigenvalue weighted by Crippen LogP contribution is 2.68. The van der Waals surface area contributed by atoms with E-state index in [1.54, 1.807) is 6.20 Å². The van der Waals surface area contributed by atoms with Gasteiger partial charge in [-0.15, -0.1) is 0 Å². The number of amides is 1.